The number of anilines is 1. The maximum absolute atomic E-state index is 12.9. The number of thioether (sulfide) groups is 1. The summed E-state index contributed by atoms with van der Waals surface area (Å²) in [4.78, 5) is 33.5. The number of pyridine rings is 1. The molecule has 2 saturated heterocycles. The number of fused-ring (bicyclic) bond motifs is 1. The van der Waals surface area contributed by atoms with E-state index in [1.807, 2.05) is 25.1 Å². The lowest BCUT2D eigenvalue weighted by atomic mass is 10.1. The van der Waals surface area contributed by atoms with E-state index in [4.69, 9.17) is 10.00 Å². The Hall–Kier alpha value is -2.83. The molecule has 4 rings (SSSR count). The highest BCUT2D eigenvalue weighted by Gasteiger charge is 2.29. The van der Waals surface area contributed by atoms with Crippen molar-refractivity contribution < 1.29 is 14.3 Å². The summed E-state index contributed by atoms with van der Waals surface area (Å²) in [6.45, 7) is 5.45. The average molecular weight is 440 g/mol. The monoisotopic (exact) mass is 439 g/mol. The number of nitriles is 1. The molecule has 2 aromatic rings. The fraction of sp³-hybridized carbons (Fsp3) is 0.455. The average Bonchev–Trinajstić information content (AvgIpc) is 3.27. The number of hydrogen-bond acceptors (Lipinski definition) is 7. The first kappa shape index (κ1) is 21.4. The Labute approximate surface area is 185 Å². The topological polar surface area (TPSA) is 98.6 Å². The predicted octanol–water partition coefficient (Wildman–Crippen LogP) is 2.00. The lowest BCUT2D eigenvalue weighted by Gasteiger charge is -2.38. The molecule has 0 aliphatic carbocycles. The summed E-state index contributed by atoms with van der Waals surface area (Å²) >= 11 is 1.54. The van der Waals surface area contributed by atoms with Crippen molar-refractivity contribution in [2.75, 3.05) is 36.2 Å². The molecule has 0 bridgehead atoms. The van der Waals surface area contributed by atoms with Crippen LogP contribution >= 0.6 is 11.8 Å². The van der Waals surface area contributed by atoms with E-state index < -0.39 is 6.04 Å². The zero-order valence-electron chi connectivity index (χ0n) is 17.6. The molecule has 0 radical (unpaired) electrons. The van der Waals surface area contributed by atoms with Crippen molar-refractivity contribution in [2.45, 2.75) is 32.0 Å². The smallest absolute Gasteiger partial charge is 0.252 e. The van der Waals surface area contributed by atoms with E-state index in [1.54, 1.807) is 12.3 Å². The quantitative estimate of drug-likeness (QED) is 0.778. The molecule has 0 saturated carbocycles. The molecule has 8 nitrogen and oxygen atoms in total. The number of morpholine rings is 1. The number of ether oxygens (including phenoxy) is 1. The summed E-state index contributed by atoms with van der Waals surface area (Å²) in [5.41, 5.74) is 2.21. The van der Waals surface area contributed by atoms with E-state index in [-0.39, 0.29) is 30.5 Å². The van der Waals surface area contributed by atoms with Gasteiger partial charge in [-0.25, -0.2) is 0 Å². The highest BCUT2D eigenvalue weighted by Crippen LogP contribution is 2.27. The van der Waals surface area contributed by atoms with Gasteiger partial charge in [0, 0.05) is 35.6 Å². The molecule has 2 fully saturated rings. The molecule has 2 aliphatic rings. The van der Waals surface area contributed by atoms with Crippen molar-refractivity contribution in [3.8, 4) is 6.07 Å². The Kier molecular flexibility index (Phi) is 6.30. The second-order valence-electron chi connectivity index (χ2n) is 7.90. The summed E-state index contributed by atoms with van der Waals surface area (Å²) in [6, 6.07) is 9.51. The van der Waals surface area contributed by atoms with Crippen LogP contribution in [0.4, 0.5) is 5.69 Å². The minimum absolute atomic E-state index is 0.135. The third kappa shape index (κ3) is 4.45. The maximum atomic E-state index is 12.9. The van der Waals surface area contributed by atoms with Gasteiger partial charge in [-0.05, 0) is 38.1 Å². The number of nitrogens with one attached hydrogen (secondary N) is 1. The van der Waals surface area contributed by atoms with Crippen LogP contribution in [0, 0.1) is 11.3 Å². The molecule has 31 heavy (non-hydrogen) atoms. The molecule has 1 unspecified atom stereocenters. The van der Waals surface area contributed by atoms with Crippen molar-refractivity contribution in [3.63, 3.8) is 0 Å². The van der Waals surface area contributed by atoms with Crippen LogP contribution in [0.3, 0.4) is 0 Å². The zero-order valence-corrected chi connectivity index (χ0v) is 18.4. The van der Waals surface area contributed by atoms with Crippen LogP contribution < -0.4 is 10.2 Å². The van der Waals surface area contributed by atoms with Gasteiger partial charge in [-0.15, -0.1) is 11.8 Å². The standard InChI is InChI=1S/C22H25N5O3S/c1-14-11-30-15(2)10-26(14)16-3-4-20-19(7-16)18(5-6-24-20)22(29)25-9-21(28)27-13-31-12-17(27)8-23/h3-7,14-15,17H,9-13H2,1-2H3,(H,25,29)/t14-,15-,17?/m1/s1. The van der Waals surface area contributed by atoms with Crippen LogP contribution in [0.5, 0.6) is 0 Å². The first-order valence-electron chi connectivity index (χ1n) is 10.3. The van der Waals surface area contributed by atoms with Gasteiger partial charge in [0.05, 0.1) is 42.3 Å². The number of aromatic nitrogens is 1. The van der Waals surface area contributed by atoms with E-state index in [9.17, 15) is 9.59 Å². The second kappa shape index (κ2) is 9.12. The SMILES string of the molecule is C[C@@H]1CN(c2ccc3nccc(C(=O)NCC(=O)N4CSCC4C#N)c3c2)[C@H](C)CO1. The van der Waals surface area contributed by atoms with Gasteiger partial charge in [0.2, 0.25) is 5.91 Å². The highest BCUT2D eigenvalue weighted by molar-refractivity contribution is 7.99. The third-order valence-electron chi connectivity index (χ3n) is 5.66. The normalized spacial score (nSPS) is 23.6. The number of carbonyl (C=O) groups is 2. The molecule has 3 heterocycles. The van der Waals surface area contributed by atoms with Crippen molar-refractivity contribution >= 4 is 40.2 Å². The van der Waals surface area contributed by atoms with E-state index in [2.05, 4.69) is 28.2 Å². The Morgan fingerprint density at radius 2 is 2.19 bits per heavy atom. The fourth-order valence-corrected chi connectivity index (χ4v) is 5.03. The summed E-state index contributed by atoms with van der Waals surface area (Å²) in [7, 11) is 0. The largest absolute Gasteiger partial charge is 0.375 e. The van der Waals surface area contributed by atoms with Gasteiger partial charge in [-0.2, -0.15) is 5.26 Å². The summed E-state index contributed by atoms with van der Waals surface area (Å²) in [5, 5.41) is 12.6. The molecule has 162 valence electrons. The summed E-state index contributed by atoms with van der Waals surface area (Å²) in [6.07, 6.45) is 1.73. The van der Waals surface area contributed by atoms with Gasteiger partial charge in [0.1, 0.15) is 6.04 Å². The molecular weight excluding hydrogens is 414 g/mol. The van der Waals surface area contributed by atoms with Crippen molar-refractivity contribution in [1.29, 1.82) is 5.26 Å². The summed E-state index contributed by atoms with van der Waals surface area (Å²) < 4.78 is 5.73. The minimum Gasteiger partial charge on any atom is -0.375 e. The predicted molar refractivity (Wildman–Crippen MR) is 120 cm³/mol. The third-order valence-corrected chi connectivity index (χ3v) is 6.67. The zero-order chi connectivity index (χ0) is 22.0. The Morgan fingerprint density at radius 3 is 3.00 bits per heavy atom. The van der Waals surface area contributed by atoms with Gasteiger partial charge in [-0.3, -0.25) is 14.6 Å². The molecule has 1 N–H and O–H groups in total. The number of nitrogens with zero attached hydrogens (tertiary/aromatic N) is 4. The van der Waals surface area contributed by atoms with Crippen LogP contribution in [0.2, 0.25) is 0 Å². The van der Waals surface area contributed by atoms with Gasteiger partial charge >= 0.3 is 0 Å². The van der Waals surface area contributed by atoms with E-state index >= 15 is 0 Å². The van der Waals surface area contributed by atoms with E-state index in [1.165, 1.54) is 16.7 Å². The molecule has 3 atom stereocenters. The molecule has 1 aromatic heterocycles. The van der Waals surface area contributed by atoms with Crippen molar-refractivity contribution in [2.24, 2.45) is 0 Å². The second-order valence-corrected chi connectivity index (χ2v) is 8.90. The Balaban J connectivity index is 1.53. The summed E-state index contributed by atoms with van der Waals surface area (Å²) in [5.74, 6) is 0.499. The molecule has 1 aromatic carbocycles. The van der Waals surface area contributed by atoms with Gasteiger partial charge in [0.15, 0.2) is 0 Å². The minimum atomic E-state index is -0.434. The first-order chi connectivity index (χ1) is 15.0. The lowest BCUT2D eigenvalue weighted by Crippen LogP contribution is -2.47. The Morgan fingerprint density at radius 1 is 1.35 bits per heavy atom. The molecule has 0 spiro atoms. The number of benzene rings is 1. The first-order valence-corrected chi connectivity index (χ1v) is 11.5. The van der Waals surface area contributed by atoms with Gasteiger partial charge < -0.3 is 19.9 Å². The lowest BCUT2D eigenvalue weighted by molar-refractivity contribution is -0.129. The van der Waals surface area contributed by atoms with Gasteiger partial charge in [0.25, 0.3) is 5.91 Å². The molecule has 2 amide bonds. The van der Waals surface area contributed by atoms with Gasteiger partial charge in [-0.1, -0.05) is 0 Å². The van der Waals surface area contributed by atoms with E-state index in [0.717, 1.165) is 23.1 Å². The van der Waals surface area contributed by atoms with Crippen LogP contribution in [-0.2, 0) is 9.53 Å². The van der Waals surface area contributed by atoms with Crippen LogP contribution in [0.1, 0.15) is 24.2 Å². The highest BCUT2D eigenvalue weighted by atomic mass is 32.2. The number of carbonyl (C=O) groups excluding carboxylic acids is 2. The Bertz CT molecular complexity index is 1040. The van der Waals surface area contributed by atoms with Crippen molar-refractivity contribution in [1.82, 2.24) is 15.2 Å². The maximum Gasteiger partial charge on any atom is 0.252 e. The number of rotatable bonds is 4. The molecular formula is C22H25N5O3S. The van der Waals surface area contributed by atoms with E-state index in [0.29, 0.717) is 23.8 Å². The number of amides is 2. The van der Waals surface area contributed by atoms with Crippen molar-refractivity contribution in [3.05, 3.63) is 36.0 Å². The number of hydrogen-bond donors (Lipinski definition) is 1. The fourth-order valence-electron chi connectivity index (χ4n) is 3.92. The van der Waals surface area contributed by atoms with Crippen LogP contribution in [0.15, 0.2) is 30.5 Å². The molecule has 2 aliphatic heterocycles. The van der Waals surface area contributed by atoms with Crippen LogP contribution in [0.25, 0.3) is 10.9 Å². The molecule has 9 heteroatoms. The van der Waals surface area contributed by atoms with Crippen LogP contribution in [-0.4, -0.2) is 71.2 Å².